The number of carbonyl (C=O) groups is 1. The van der Waals surface area contributed by atoms with Crippen LogP contribution in [-0.2, 0) is 4.79 Å². The van der Waals surface area contributed by atoms with E-state index in [9.17, 15) is 4.79 Å². The van der Waals surface area contributed by atoms with Gasteiger partial charge in [0, 0.05) is 6.04 Å². The van der Waals surface area contributed by atoms with E-state index in [4.69, 9.17) is 0 Å². The fraction of sp³-hybridized carbons (Fsp3) is 0.938. The van der Waals surface area contributed by atoms with Gasteiger partial charge in [-0.05, 0) is 49.9 Å². The van der Waals surface area contributed by atoms with Crippen LogP contribution >= 0.6 is 0 Å². The molecule has 0 aromatic carbocycles. The maximum atomic E-state index is 12.7. The quantitative estimate of drug-likeness (QED) is 0.850. The van der Waals surface area contributed by atoms with E-state index in [1.165, 1.54) is 19.3 Å². The van der Waals surface area contributed by atoms with E-state index in [1.807, 2.05) is 0 Å². The Morgan fingerprint density at radius 1 is 1.32 bits per heavy atom. The largest absolute Gasteiger partial charge is 0.323 e. The number of amides is 1. The molecule has 1 aliphatic heterocycles. The molecule has 1 heterocycles. The zero-order chi connectivity index (χ0) is 13.8. The molecule has 0 aromatic rings. The minimum atomic E-state index is -0.147. The molecular formula is C16H28N2O. The minimum absolute atomic E-state index is 0.147. The van der Waals surface area contributed by atoms with Gasteiger partial charge in [-0.25, -0.2) is 0 Å². The Labute approximate surface area is 117 Å². The Hall–Kier alpha value is -0.570. The van der Waals surface area contributed by atoms with Gasteiger partial charge >= 0.3 is 0 Å². The molecule has 0 radical (unpaired) electrons. The van der Waals surface area contributed by atoms with Crippen molar-refractivity contribution in [3.05, 3.63) is 0 Å². The Morgan fingerprint density at radius 3 is 2.47 bits per heavy atom. The first-order valence-electron chi connectivity index (χ1n) is 7.93. The monoisotopic (exact) mass is 264 g/mol. The predicted molar refractivity (Wildman–Crippen MR) is 76.6 cm³/mol. The molecule has 1 spiro atoms. The summed E-state index contributed by atoms with van der Waals surface area (Å²) in [5.41, 5.74) is 0.263. The summed E-state index contributed by atoms with van der Waals surface area (Å²) >= 11 is 0. The van der Waals surface area contributed by atoms with Gasteiger partial charge < -0.3 is 4.90 Å². The van der Waals surface area contributed by atoms with Crippen molar-refractivity contribution in [2.24, 2.45) is 11.3 Å². The molecule has 1 N–H and O–H groups in total. The number of nitrogens with one attached hydrogen (secondary N) is 1. The van der Waals surface area contributed by atoms with Gasteiger partial charge in [0.1, 0.15) is 0 Å². The molecule has 108 valence electrons. The molecule has 2 unspecified atom stereocenters. The summed E-state index contributed by atoms with van der Waals surface area (Å²) in [6, 6.07) is 0.471. The summed E-state index contributed by atoms with van der Waals surface area (Å²) in [6.07, 6.45) is 7.08. The summed E-state index contributed by atoms with van der Waals surface area (Å²) in [7, 11) is 0. The van der Waals surface area contributed by atoms with Crippen LogP contribution in [0.1, 0.15) is 66.2 Å². The molecule has 3 aliphatic rings. The van der Waals surface area contributed by atoms with Crippen LogP contribution in [-0.4, -0.2) is 28.6 Å². The van der Waals surface area contributed by atoms with Crippen LogP contribution in [0.15, 0.2) is 0 Å². The third-order valence-corrected chi connectivity index (χ3v) is 5.20. The first-order valence-corrected chi connectivity index (χ1v) is 7.93. The smallest absolute Gasteiger partial charge is 0.244 e. The lowest BCUT2D eigenvalue weighted by atomic mass is 9.91. The Kier molecular flexibility index (Phi) is 2.97. The van der Waals surface area contributed by atoms with Gasteiger partial charge in [0.2, 0.25) is 5.91 Å². The number of carbonyl (C=O) groups excluding carboxylic acids is 1. The molecule has 19 heavy (non-hydrogen) atoms. The van der Waals surface area contributed by atoms with Crippen molar-refractivity contribution in [1.82, 2.24) is 10.2 Å². The Morgan fingerprint density at radius 2 is 2.00 bits per heavy atom. The summed E-state index contributed by atoms with van der Waals surface area (Å²) in [5, 5.41) is 3.65. The van der Waals surface area contributed by atoms with Crippen molar-refractivity contribution in [3.63, 3.8) is 0 Å². The lowest BCUT2D eigenvalue weighted by Gasteiger charge is -2.32. The maximum absolute atomic E-state index is 12.7. The van der Waals surface area contributed by atoms with E-state index in [0.29, 0.717) is 23.3 Å². The summed E-state index contributed by atoms with van der Waals surface area (Å²) in [4.78, 5) is 15.0. The highest BCUT2D eigenvalue weighted by Gasteiger charge is 2.60. The third kappa shape index (κ3) is 2.31. The summed E-state index contributed by atoms with van der Waals surface area (Å²) in [5.74, 6) is 1.04. The predicted octanol–water partition coefficient (Wildman–Crippen LogP) is 2.90. The SMILES string of the molecule is CC(C)CC1NC2(CC2)C(=O)N1C1CCC(C)(C)C1. The highest BCUT2D eigenvalue weighted by molar-refractivity contribution is 5.92. The summed E-state index contributed by atoms with van der Waals surface area (Å²) in [6.45, 7) is 9.18. The molecule has 1 saturated heterocycles. The third-order valence-electron chi connectivity index (χ3n) is 5.20. The average molecular weight is 264 g/mol. The standard InChI is InChI=1S/C16H28N2O/c1-11(2)9-13-17-16(7-8-16)14(19)18(13)12-5-6-15(3,4)10-12/h11-13,17H,5-10H2,1-4H3. The van der Waals surface area contributed by atoms with Crippen LogP contribution in [0.5, 0.6) is 0 Å². The molecule has 2 saturated carbocycles. The molecule has 2 aliphatic carbocycles. The molecule has 3 heteroatoms. The molecule has 3 rings (SSSR count). The first-order chi connectivity index (χ1) is 8.83. The highest BCUT2D eigenvalue weighted by atomic mass is 16.2. The lowest BCUT2D eigenvalue weighted by molar-refractivity contribution is -0.133. The van der Waals surface area contributed by atoms with Crippen molar-refractivity contribution in [2.75, 3.05) is 0 Å². The van der Waals surface area contributed by atoms with Crippen molar-refractivity contribution >= 4 is 5.91 Å². The second-order valence-electron chi connectivity index (χ2n) is 8.15. The fourth-order valence-electron chi connectivity index (χ4n) is 4.00. The van der Waals surface area contributed by atoms with Crippen LogP contribution in [0.4, 0.5) is 0 Å². The van der Waals surface area contributed by atoms with Crippen LogP contribution in [0, 0.1) is 11.3 Å². The van der Waals surface area contributed by atoms with Crippen molar-refractivity contribution in [3.8, 4) is 0 Å². The molecule has 2 atom stereocenters. The molecular weight excluding hydrogens is 236 g/mol. The molecule has 0 aromatic heterocycles. The van der Waals surface area contributed by atoms with E-state index in [2.05, 4.69) is 37.9 Å². The average Bonchev–Trinajstić information content (AvgIpc) is 2.90. The van der Waals surface area contributed by atoms with Crippen molar-refractivity contribution in [1.29, 1.82) is 0 Å². The molecule has 0 bridgehead atoms. The Balaban J connectivity index is 1.78. The number of hydrogen-bond acceptors (Lipinski definition) is 2. The molecule has 3 fully saturated rings. The van der Waals surface area contributed by atoms with E-state index in [1.54, 1.807) is 0 Å². The lowest BCUT2D eigenvalue weighted by Crippen LogP contribution is -2.44. The van der Waals surface area contributed by atoms with Crippen molar-refractivity contribution in [2.45, 2.75) is 84.0 Å². The second-order valence-corrected chi connectivity index (χ2v) is 8.15. The normalized spacial score (nSPS) is 35.6. The minimum Gasteiger partial charge on any atom is -0.323 e. The zero-order valence-corrected chi connectivity index (χ0v) is 12.8. The van der Waals surface area contributed by atoms with Crippen LogP contribution in [0.25, 0.3) is 0 Å². The maximum Gasteiger partial charge on any atom is 0.244 e. The zero-order valence-electron chi connectivity index (χ0n) is 12.8. The van der Waals surface area contributed by atoms with E-state index < -0.39 is 0 Å². The van der Waals surface area contributed by atoms with Gasteiger partial charge in [-0.1, -0.05) is 27.7 Å². The van der Waals surface area contributed by atoms with E-state index >= 15 is 0 Å². The topological polar surface area (TPSA) is 32.3 Å². The van der Waals surface area contributed by atoms with E-state index in [0.717, 1.165) is 19.3 Å². The number of hydrogen-bond donors (Lipinski definition) is 1. The van der Waals surface area contributed by atoms with Crippen molar-refractivity contribution < 1.29 is 4.79 Å². The van der Waals surface area contributed by atoms with Gasteiger partial charge in [-0.15, -0.1) is 0 Å². The van der Waals surface area contributed by atoms with Gasteiger partial charge in [-0.2, -0.15) is 0 Å². The first kappa shape index (κ1) is 13.4. The van der Waals surface area contributed by atoms with Gasteiger partial charge in [0.25, 0.3) is 0 Å². The highest BCUT2D eigenvalue weighted by Crippen LogP contribution is 2.47. The molecule has 3 nitrogen and oxygen atoms in total. The fourth-order valence-corrected chi connectivity index (χ4v) is 4.00. The number of nitrogens with zero attached hydrogens (tertiary/aromatic N) is 1. The van der Waals surface area contributed by atoms with Gasteiger partial charge in [-0.3, -0.25) is 10.1 Å². The summed E-state index contributed by atoms with van der Waals surface area (Å²) < 4.78 is 0. The second kappa shape index (κ2) is 4.21. The molecule has 1 amide bonds. The van der Waals surface area contributed by atoms with Crippen LogP contribution in [0.2, 0.25) is 0 Å². The van der Waals surface area contributed by atoms with Crippen LogP contribution < -0.4 is 5.32 Å². The van der Waals surface area contributed by atoms with E-state index in [-0.39, 0.29) is 11.7 Å². The van der Waals surface area contributed by atoms with Crippen LogP contribution in [0.3, 0.4) is 0 Å². The number of rotatable bonds is 3. The Bertz CT molecular complexity index is 384. The van der Waals surface area contributed by atoms with Gasteiger partial charge in [0.15, 0.2) is 0 Å². The van der Waals surface area contributed by atoms with Gasteiger partial charge in [0.05, 0.1) is 11.7 Å².